The van der Waals surface area contributed by atoms with Crippen LogP contribution in [0.2, 0.25) is 10.0 Å². The molecule has 1 aromatic heterocycles. The first-order valence-electron chi connectivity index (χ1n) is 6.80. The van der Waals surface area contributed by atoms with Crippen molar-refractivity contribution in [2.75, 3.05) is 7.11 Å². The average molecular weight is 427 g/mol. The predicted octanol–water partition coefficient (Wildman–Crippen LogP) is 5.86. The SMILES string of the molecule is COC(=O)c1nc(-c2ccc(Br)cc2)oc1-c1ccc(Cl)c(Cl)c1. The Morgan fingerprint density at radius 2 is 1.75 bits per heavy atom. The normalized spacial score (nSPS) is 10.7. The van der Waals surface area contributed by atoms with Crippen molar-refractivity contribution >= 4 is 45.1 Å². The van der Waals surface area contributed by atoms with E-state index in [1.54, 1.807) is 18.2 Å². The van der Waals surface area contributed by atoms with E-state index in [1.807, 2.05) is 24.3 Å². The Hall–Kier alpha value is -1.82. The van der Waals surface area contributed by atoms with E-state index in [9.17, 15) is 4.79 Å². The summed E-state index contributed by atoms with van der Waals surface area (Å²) in [5, 5.41) is 0.763. The summed E-state index contributed by atoms with van der Waals surface area (Å²) in [7, 11) is 1.29. The van der Waals surface area contributed by atoms with Gasteiger partial charge in [-0.1, -0.05) is 39.1 Å². The van der Waals surface area contributed by atoms with Crippen molar-refractivity contribution in [3.8, 4) is 22.8 Å². The molecule has 1 heterocycles. The van der Waals surface area contributed by atoms with Gasteiger partial charge in [-0.25, -0.2) is 9.78 Å². The van der Waals surface area contributed by atoms with Gasteiger partial charge in [0.15, 0.2) is 11.5 Å². The average Bonchev–Trinajstić information content (AvgIpc) is 3.02. The second-order valence-corrected chi connectivity index (χ2v) is 6.55. The van der Waals surface area contributed by atoms with Gasteiger partial charge in [0.05, 0.1) is 17.2 Å². The van der Waals surface area contributed by atoms with Crippen LogP contribution in [0.5, 0.6) is 0 Å². The first-order chi connectivity index (χ1) is 11.5. The van der Waals surface area contributed by atoms with Gasteiger partial charge in [0.2, 0.25) is 5.89 Å². The number of rotatable bonds is 3. The summed E-state index contributed by atoms with van der Waals surface area (Å²) in [5.41, 5.74) is 1.39. The number of methoxy groups -OCH3 is 1. The summed E-state index contributed by atoms with van der Waals surface area (Å²) in [6.45, 7) is 0. The monoisotopic (exact) mass is 425 g/mol. The van der Waals surface area contributed by atoms with E-state index in [0.717, 1.165) is 10.0 Å². The number of oxazole rings is 1. The molecule has 0 saturated heterocycles. The summed E-state index contributed by atoms with van der Waals surface area (Å²) in [5.74, 6) is -0.00880. The van der Waals surface area contributed by atoms with Crippen molar-refractivity contribution in [3.63, 3.8) is 0 Å². The smallest absolute Gasteiger partial charge is 0.360 e. The Kier molecular flexibility index (Phi) is 4.94. The molecule has 0 aliphatic carbocycles. The molecule has 0 saturated carbocycles. The number of carbonyl (C=O) groups excluding carboxylic acids is 1. The van der Waals surface area contributed by atoms with Crippen LogP contribution in [-0.4, -0.2) is 18.1 Å². The fourth-order valence-corrected chi connectivity index (χ4v) is 2.67. The highest BCUT2D eigenvalue weighted by Crippen LogP contribution is 2.34. The molecule has 4 nitrogen and oxygen atoms in total. The number of hydrogen-bond acceptors (Lipinski definition) is 4. The van der Waals surface area contributed by atoms with Crippen molar-refractivity contribution in [2.24, 2.45) is 0 Å². The van der Waals surface area contributed by atoms with Gasteiger partial charge in [-0.3, -0.25) is 0 Å². The number of carbonyl (C=O) groups is 1. The summed E-state index contributed by atoms with van der Waals surface area (Å²) < 4.78 is 11.5. The minimum atomic E-state index is -0.594. The number of aromatic nitrogens is 1. The van der Waals surface area contributed by atoms with Crippen molar-refractivity contribution in [2.45, 2.75) is 0 Å². The van der Waals surface area contributed by atoms with Crippen molar-refractivity contribution in [3.05, 3.63) is 62.7 Å². The van der Waals surface area contributed by atoms with Crippen LogP contribution < -0.4 is 0 Å². The number of nitrogens with zero attached hydrogens (tertiary/aromatic N) is 1. The van der Waals surface area contributed by atoms with Crippen LogP contribution in [0.25, 0.3) is 22.8 Å². The molecule has 122 valence electrons. The van der Waals surface area contributed by atoms with Crippen molar-refractivity contribution in [1.82, 2.24) is 4.98 Å². The lowest BCUT2D eigenvalue weighted by Gasteiger charge is -2.02. The lowest BCUT2D eigenvalue weighted by atomic mass is 10.1. The fraction of sp³-hybridized carbons (Fsp3) is 0.0588. The highest BCUT2D eigenvalue weighted by Gasteiger charge is 2.23. The number of halogens is 3. The van der Waals surface area contributed by atoms with Gasteiger partial charge in [-0.15, -0.1) is 0 Å². The minimum absolute atomic E-state index is 0.0776. The highest BCUT2D eigenvalue weighted by molar-refractivity contribution is 9.10. The zero-order valence-electron chi connectivity index (χ0n) is 12.3. The van der Waals surface area contributed by atoms with E-state index >= 15 is 0 Å². The first kappa shape index (κ1) is 17.0. The molecule has 0 fully saturated rings. The molecule has 24 heavy (non-hydrogen) atoms. The summed E-state index contributed by atoms with van der Waals surface area (Å²) in [6.07, 6.45) is 0. The number of esters is 1. The number of hydrogen-bond donors (Lipinski definition) is 0. The molecular weight excluding hydrogens is 417 g/mol. The summed E-state index contributed by atoms with van der Waals surface area (Å²) >= 11 is 15.4. The molecule has 0 radical (unpaired) electrons. The zero-order chi connectivity index (χ0) is 17.3. The Balaban J connectivity index is 2.14. The molecule has 2 aromatic carbocycles. The van der Waals surface area contributed by atoms with Crippen LogP contribution in [0.15, 0.2) is 51.4 Å². The molecule has 0 atom stereocenters. The third-order valence-electron chi connectivity index (χ3n) is 3.28. The summed E-state index contributed by atoms with van der Waals surface area (Å²) in [4.78, 5) is 16.3. The molecule has 0 spiro atoms. The zero-order valence-corrected chi connectivity index (χ0v) is 15.4. The number of benzene rings is 2. The lowest BCUT2D eigenvalue weighted by molar-refractivity contribution is 0.0595. The second-order valence-electron chi connectivity index (χ2n) is 4.82. The van der Waals surface area contributed by atoms with Crippen LogP contribution in [0, 0.1) is 0 Å². The van der Waals surface area contributed by atoms with Gasteiger partial charge < -0.3 is 9.15 Å². The molecule has 0 amide bonds. The van der Waals surface area contributed by atoms with E-state index in [-0.39, 0.29) is 11.5 Å². The molecule has 3 aromatic rings. The lowest BCUT2D eigenvalue weighted by Crippen LogP contribution is -2.03. The maximum atomic E-state index is 12.0. The molecule has 0 aliphatic heterocycles. The Bertz CT molecular complexity index is 907. The van der Waals surface area contributed by atoms with Crippen molar-refractivity contribution in [1.29, 1.82) is 0 Å². The van der Waals surface area contributed by atoms with Gasteiger partial charge in [0.25, 0.3) is 0 Å². The first-order valence-corrected chi connectivity index (χ1v) is 8.35. The van der Waals surface area contributed by atoms with E-state index in [2.05, 4.69) is 20.9 Å². The van der Waals surface area contributed by atoms with E-state index in [0.29, 0.717) is 21.5 Å². The third-order valence-corrected chi connectivity index (χ3v) is 4.55. The highest BCUT2D eigenvalue weighted by atomic mass is 79.9. The van der Waals surface area contributed by atoms with Crippen LogP contribution in [0.3, 0.4) is 0 Å². The van der Waals surface area contributed by atoms with Gasteiger partial charge in [0.1, 0.15) is 0 Å². The summed E-state index contributed by atoms with van der Waals surface area (Å²) in [6, 6.07) is 12.3. The molecule has 0 N–H and O–H groups in total. The van der Waals surface area contributed by atoms with Gasteiger partial charge in [0, 0.05) is 15.6 Å². The quantitative estimate of drug-likeness (QED) is 0.492. The molecule has 7 heteroatoms. The third kappa shape index (κ3) is 3.34. The van der Waals surface area contributed by atoms with Gasteiger partial charge >= 0.3 is 5.97 Å². The van der Waals surface area contributed by atoms with Crippen LogP contribution >= 0.6 is 39.1 Å². The second kappa shape index (κ2) is 6.97. The predicted molar refractivity (Wildman–Crippen MR) is 96.4 cm³/mol. The molecular formula is C17H10BrCl2NO3. The Labute approximate surface area is 156 Å². The van der Waals surface area contributed by atoms with Crippen molar-refractivity contribution < 1.29 is 13.9 Å². The van der Waals surface area contributed by atoms with Crippen LogP contribution in [-0.2, 0) is 4.74 Å². The van der Waals surface area contributed by atoms with Gasteiger partial charge in [-0.2, -0.15) is 0 Å². The van der Waals surface area contributed by atoms with E-state index in [1.165, 1.54) is 7.11 Å². The minimum Gasteiger partial charge on any atom is -0.464 e. The van der Waals surface area contributed by atoms with E-state index < -0.39 is 5.97 Å². The van der Waals surface area contributed by atoms with Crippen LogP contribution in [0.4, 0.5) is 0 Å². The Morgan fingerprint density at radius 3 is 2.38 bits per heavy atom. The molecule has 3 rings (SSSR count). The van der Waals surface area contributed by atoms with E-state index in [4.69, 9.17) is 32.4 Å². The molecule has 0 bridgehead atoms. The number of ether oxygens (including phenoxy) is 1. The molecule has 0 unspecified atom stereocenters. The van der Waals surface area contributed by atoms with Gasteiger partial charge in [-0.05, 0) is 42.5 Å². The maximum Gasteiger partial charge on any atom is 0.360 e. The largest absolute Gasteiger partial charge is 0.464 e. The molecule has 0 aliphatic rings. The van der Waals surface area contributed by atoms with Crippen LogP contribution in [0.1, 0.15) is 10.5 Å². The maximum absolute atomic E-state index is 12.0. The Morgan fingerprint density at radius 1 is 1.08 bits per heavy atom. The fourth-order valence-electron chi connectivity index (χ4n) is 2.10. The standard InChI is InChI=1S/C17H10BrCl2NO3/c1-23-17(22)14-15(10-4-7-12(19)13(20)8-10)24-16(21-14)9-2-5-11(18)6-3-9/h2-8H,1H3. The topological polar surface area (TPSA) is 52.3 Å².